The molecule has 0 saturated carbocycles. The van der Waals surface area contributed by atoms with Crippen LogP contribution >= 0.6 is 0 Å². The fourth-order valence-electron chi connectivity index (χ4n) is 3.37. The molecule has 2 saturated heterocycles. The molecule has 1 unspecified atom stereocenters. The van der Waals surface area contributed by atoms with Crippen LogP contribution in [0.2, 0.25) is 0 Å². The van der Waals surface area contributed by atoms with Gasteiger partial charge in [-0.15, -0.1) is 0 Å². The van der Waals surface area contributed by atoms with Gasteiger partial charge in [-0.05, 0) is 32.1 Å². The zero-order valence-corrected chi connectivity index (χ0v) is 15.2. The minimum Gasteiger partial charge on any atom is -0.453 e. The molecule has 138 valence electrons. The molecule has 0 radical (unpaired) electrons. The molecule has 0 aromatic carbocycles. The van der Waals surface area contributed by atoms with Crippen molar-refractivity contribution in [2.45, 2.75) is 51.1 Å². The SMILES string of the molecule is CCCS(=O)(=O)NC1CCN(C(=O)C2CCCN2C(=O)OC)CC1. The van der Waals surface area contributed by atoms with Crippen LogP contribution in [0.5, 0.6) is 0 Å². The van der Waals surface area contributed by atoms with Gasteiger partial charge >= 0.3 is 6.09 Å². The summed E-state index contributed by atoms with van der Waals surface area (Å²) in [5, 5.41) is 0. The molecular weight excluding hydrogens is 334 g/mol. The first-order chi connectivity index (χ1) is 11.4. The summed E-state index contributed by atoms with van der Waals surface area (Å²) in [5.74, 6) is 0.0650. The van der Waals surface area contributed by atoms with E-state index < -0.39 is 22.2 Å². The van der Waals surface area contributed by atoms with Crippen molar-refractivity contribution in [3.63, 3.8) is 0 Å². The number of rotatable bonds is 5. The fourth-order valence-corrected chi connectivity index (χ4v) is 4.77. The van der Waals surface area contributed by atoms with E-state index in [9.17, 15) is 18.0 Å². The van der Waals surface area contributed by atoms with Gasteiger partial charge in [0.05, 0.1) is 12.9 Å². The number of piperidine rings is 1. The van der Waals surface area contributed by atoms with E-state index in [1.165, 1.54) is 12.0 Å². The number of carbonyl (C=O) groups excluding carboxylic acids is 2. The molecule has 2 heterocycles. The van der Waals surface area contributed by atoms with Crippen molar-refractivity contribution in [2.75, 3.05) is 32.5 Å². The molecular formula is C15H27N3O5S. The Balaban J connectivity index is 1.88. The second-order valence-electron chi connectivity index (χ2n) is 6.36. The van der Waals surface area contributed by atoms with Gasteiger partial charge in [-0.25, -0.2) is 17.9 Å². The molecule has 0 aromatic heterocycles. The number of nitrogens with one attached hydrogen (secondary N) is 1. The van der Waals surface area contributed by atoms with Crippen LogP contribution in [-0.2, 0) is 19.6 Å². The lowest BCUT2D eigenvalue weighted by molar-refractivity contribution is -0.136. The van der Waals surface area contributed by atoms with E-state index in [-0.39, 0.29) is 17.7 Å². The van der Waals surface area contributed by atoms with Gasteiger partial charge in [0.25, 0.3) is 0 Å². The lowest BCUT2D eigenvalue weighted by atomic mass is 10.0. The zero-order chi connectivity index (χ0) is 17.7. The third-order valence-corrected chi connectivity index (χ3v) is 6.21. The van der Waals surface area contributed by atoms with Gasteiger partial charge < -0.3 is 9.64 Å². The predicted octanol–water partition coefficient (Wildman–Crippen LogP) is 0.538. The van der Waals surface area contributed by atoms with Crippen LogP contribution in [0.1, 0.15) is 39.0 Å². The Morgan fingerprint density at radius 3 is 2.42 bits per heavy atom. The number of hydrogen-bond acceptors (Lipinski definition) is 5. The van der Waals surface area contributed by atoms with Gasteiger partial charge in [0, 0.05) is 25.7 Å². The molecule has 24 heavy (non-hydrogen) atoms. The molecule has 2 amide bonds. The van der Waals surface area contributed by atoms with Crippen molar-refractivity contribution in [3.05, 3.63) is 0 Å². The lowest BCUT2D eigenvalue weighted by Crippen LogP contribution is -2.52. The monoisotopic (exact) mass is 361 g/mol. The number of amides is 2. The normalized spacial score (nSPS) is 22.7. The number of nitrogens with zero attached hydrogens (tertiary/aromatic N) is 2. The van der Waals surface area contributed by atoms with Crippen molar-refractivity contribution in [3.8, 4) is 0 Å². The van der Waals surface area contributed by atoms with Gasteiger partial charge in [-0.1, -0.05) is 6.92 Å². The minimum absolute atomic E-state index is 0.0623. The minimum atomic E-state index is -3.23. The largest absolute Gasteiger partial charge is 0.453 e. The predicted molar refractivity (Wildman–Crippen MR) is 88.9 cm³/mol. The van der Waals surface area contributed by atoms with Gasteiger partial charge in [0.2, 0.25) is 15.9 Å². The van der Waals surface area contributed by atoms with E-state index in [0.717, 1.165) is 6.42 Å². The fraction of sp³-hybridized carbons (Fsp3) is 0.867. The van der Waals surface area contributed by atoms with E-state index in [1.807, 2.05) is 6.92 Å². The summed E-state index contributed by atoms with van der Waals surface area (Å²) in [4.78, 5) is 27.6. The lowest BCUT2D eigenvalue weighted by Gasteiger charge is -2.35. The molecule has 8 nitrogen and oxygen atoms in total. The first-order valence-corrected chi connectivity index (χ1v) is 10.2. The Labute approximate surface area is 143 Å². The van der Waals surface area contributed by atoms with E-state index in [4.69, 9.17) is 4.74 Å². The number of hydrogen-bond donors (Lipinski definition) is 1. The Morgan fingerprint density at radius 1 is 1.17 bits per heavy atom. The molecule has 1 atom stereocenters. The molecule has 0 spiro atoms. The standard InChI is InChI=1S/C15H27N3O5S/c1-3-11-24(21,22)16-12-6-9-17(10-7-12)14(19)13-5-4-8-18(13)15(20)23-2/h12-13,16H,3-11H2,1-2H3. The Bertz CT molecular complexity index is 557. The zero-order valence-electron chi connectivity index (χ0n) is 14.4. The molecule has 2 fully saturated rings. The molecule has 1 N–H and O–H groups in total. The number of likely N-dealkylation sites (tertiary alicyclic amines) is 2. The van der Waals surface area contributed by atoms with Crippen LogP contribution in [0.4, 0.5) is 4.79 Å². The van der Waals surface area contributed by atoms with E-state index in [1.54, 1.807) is 4.90 Å². The summed E-state index contributed by atoms with van der Waals surface area (Å²) >= 11 is 0. The van der Waals surface area contributed by atoms with Crippen molar-refractivity contribution in [2.24, 2.45) is 0 Å². The van der Waals surface area contributed by atoms with Crippen molar-refractivity contribution < 1.29 is 22.7 Å². The van der Waals surface area contributed by atoms with Crippen LogP contribution in [0.25, 0.3) is 0 Å². The first-order valence-electron chi connectivity index (χ1n) is 8.51. The maximum Gasteiger partial charge on any atom is 0.410 e. The average Bonchev–Trinajstić information content (AvgIpc) is 3.03. The quantitative estimate of drug-likeness (QED) is 0.771. The summed E-state index contributed by atoms with van der Waals surface area (Å²) in [6, 6.07) is -0.573. The van der Waals surface area contributed by atoms with Gasteiger partial charge in [0.15, 0.2) is 0 Å². The van der Waals surface area contributed by atoms with Crippen LogP contribution in [0.3, 0.4) is 0 Å². The van der Waals surface area contributed by atoms with E-state index in [0.29, 0.717) is 45.3 Å². The summed E-state index contributed by atoms with van der Waals surface area (Å²) in [6.07, 6.45) is 2.75. The topological polar surface area (TPSA) is 96.0 Å². The maximum atomic E-state index is 12.7. The van der Waals surface area contributed by atoms with Gasteiger partial charge in [-0.2, -0.15) is 0 Å². The molecule has 2 aliphatic rings. The second kappa shape index (κ2) is 8.15. The highest BCUT2D eigenvalue weighted by molar-refractivity contribution is 7.89. The van der Waals surface area contributed by atoms with Crippen LogP contribution in [-0.4, -0.2) is 74.8 Å². The van der Waals surface area contributed by atoms with Crippen LogP contribution < -0.4 is 4.72 Å². The average molecular weight is 361 g/mol. The summed E-state index contributed by atoms with van der Waals surface area (Å²) in [5.41, 5.74) is 0. The van der Waals surface area contributed by atoms with Crippen molar-refractivity contribution in [1.82, 2.24) is 14.5 Å². The first kappa shape index (κ1) is 19.0. The number of ether oxygens (including phenoxy) is 1. The molecule has 0 aliphatic carbocycles. The third kappa shape index (κ3) is 4.60. The molecule has 2 rings (SSSR count). The highest BCUT2D eigenvalue weighted by Crippen LogP contribution is 2.22. The van der Waals surface area contributed by atoms with Gasteiger partial charge in [0.1, 0.15) is 6.04 Å². The number of sulfonamides is 1. The third-order valence-electron chi connectivity index (χ3n) is 4.57. The number of carbonyl (C=O) groups is 2. The van der Waals surface area contributed by atoms with E-state index in [2.05, 4.69) is 4.72 Å². The Morgan fingerprint density at radius 2 is 1.83 bits per heavy atom. The summed E-state index contributed by atoms with van der Waals surface area (Å²) < 4.78 is 31.1. The molecule has 9 heteroatoms. The van der Waals surface area contributed by atoms with Crippen LogP contribution in [0.15, 0.2) is 0 Å². The van der Waals surface area contributed by atoms with E-state index >= 15 is 0 Å². The maximum absolute atomic E-state index is 12.7. The summed E-state index contributed by atoms with van der Waals surface area (Å²) in [6.45, 7) is 3.37. The molecule has 2 aliphatic heterocycles. The second-order valence-corrected chi connectivity index (χ2v) is 8.23. The van der Waals surface area contributed by atoms with Crippen molar-refractivity contribution in [1.29, 1.82) is 0 Å². The molecule has 0 bridgehead atoms. The van der Waals surface area contributed by atoms with Crippen LogP contribution in [0, 0.1) is 0 Å². The highest BCUT2D eigenvalue weighted by Gasteiger charge is 2.38. The Hall–Kier alpha value is -1.35. The highest BCUT2D eigenvalue weighted by atomic mass is 32.2. The number of methoxy groups -OCH3 is 1. The Kier molecular flexibility index (Phi) is 6.45. The summed E-state index contributed by atoms with van der Waals surface area (Å²) in [7, 11) is -1.92. The molecule has 0 aromatic rings. The van der Waals surface area contributed by atoms with Gasteiger partial charge in [-0.3, -0.25) is 9.69 Å². The smallest absolute Gasteiger partial charge is 0.410 e. The van der Waals surface area contributed by atoms with Crippen molar-refractivity contribution >= 4 is 22.0 Å².